The van der Waals surface area contributed by atoms with E-state index in [0.29, 0.717) is 29.2 Å². The molecule has 2 bridgehead atoms. The van der Waals surface area contributed by atoms with Crippen LogP contribution in [-0.2, 0) is 0 Å². The molecule has 3 heterocycles. The third-order valence-corrected chi connectivity index (χ3v) is 5.42. The normalized spacial score (nSPS) is 28.7. The van der Waals surface area contributed by atoms with E-state index in [9.17, 15) is 9.90 Å². The maximum absolute atomic E-state index is 12.0. The van der Waals surface area contributed by atoms with Gasteiger partial charge in [0, 0.05) is 18.6 Å². The highest BCUT2D eigenvalue weighted by atomic mass is 32.1. The SMILES string of the molecule is CCNC(=O)c1sc(N2C3CCC2CC(O)C3)cc1N. The average Bonchev–Trinajstić information content (AvgIpc) is 2.88. The van der Waals surface area contributed by atoms with Gasteiger partial charge >= 0.3 is 0 Å². The second-order valence-corrected chi connectivity index (χ2v) is 6.68. The molecule has 0 spiro atoms. The first-order valence-electron chi connectivity index (χ1n) is 7.24. The van der Waals surface area contributed by atoms with Gasteiger partial charge in [0.1, 0.15) is 4.88 Å². The van der Waals surface area contributed by atoms with E-state index in [0.717, 1.165) is 30.7 Å². The lowest BCUT2D eigenvalue weighted by Crippen LogP contribution is -2.44. The van der Waals surface area contributed by atoms with Crippen molar-refractivity contribution in [1.29, 1.82) is 0 Å². The Bertz CT molecular complexity index is 503. The van der Waals surface area contributed by atoms with Gasteiger partial charge in [0.05, 0.1) is 16.8 Å². The Balaban J connectivity index is 1.85. The Morgan fingerprint density at radius 3 is 2.75 bits per heavy atom. The number of nitrogen functional groups attached to an aromatic ring is 1. The molecule has 4 N–H and O–H groups in total. The van der Waals surface area contributed by atoms with Crippen LogP contribution >= 0.6 is 11.3 Å². The van der Waals surface area contributed by atoms with E-state index >= 15 is 0 Å². The number of anilines is 2. The van der Waals surface area contributed by atoms with Crippen molar-refractivity contribution in [2.24, 2.45) is 0 Å². The predicted molar refractivity (Wildman–Crippen MR) is 81.3 cm³/mol. The van der Waals surface area contributed by atoms with Crippen LogP contribution in [0.25, 0.3) is 0 Å². The molecule has 2 fully saturated rings. The fraction of sp³-hybridized carbons (Fsp3) is 0.643. The maximum Gasteiger partial charge on any atom is 0.263 e. The molecule has 2 atom stereocenters. The summed E-state index contributed by atoms with van der Waals surface area (Å²) < 4.78 is 0. The molecular weight excluding hydrogens is 274 g/mol. The van der Waals surface area contributed by atoms with Crippen LogP contribution in [0.2, 0.25) is 0 Å². The summed E-state index contributed by atoms with van der Waals surface area (Å²) >= 11 is 1.47. The minimum absolute atomic E-state index is 0.0920. The van der Waals surface area contributed by atoms with Crippen LogP contribution in [0.1, 0.15) is 42.3 Å². The zero-order valence-corrected chi connectivity index (χ0v) is 12.4. The predicted octanol–water partition coefficient (Wildman–Crippen LogP) is 1.57. The van der Waals surface area contributed by atoms with Gasteiger partial charge in [0.2, 0.25) is 0 Å². The van der Waals surface area contributed by atoms with Crippen LogP contribution in [0.15, 0.2) is 6.07 Å². The molecule has 0 aliphatic carbocycles. The molecule has 2 saturated heterocycles. The van der Waals surface area contributed by atoms with Crippen molar-refractivity contribution >= 4 is 27.9 Å². The number of hydrogen-bond donors (Lipinski definition) is 3. The highest BCUT2D eigenvalue weighted by molar-refractivity contribution is 7.18. The summed E-state index contributed by atoms with van der Waals surface area (Å²) in [5, 5.41) is 13.7. The summed E-state index contributed by atoms with van der Waals surface area (Å²) in [7, 11) is 0. The molecule has 20 heavy (non-hydrogen) atoms. The maximum atomic E-state index is 12.0. The number of amides is 1. The van der Waals surface area contributed by atoms with Gasteiger partial charge < -0.3 is 21.1 Å². The van der Waals surface area contributed by atoms with E-state index < -0.39 is 0 Å². The summed E-state index contributed by atoms with van der Waals surface area (Å²) in [6, 6.07) is 2.70. The molecule has 0 radical (unpaired) electrons. The van der Waals surface area contributed by atoms with Gasteiger partial charge in [-0.15, -0.1) is 11.3 Å². The highest BCUT2D eigenvalue weighted by Crippen LogP contribution is 2.43. The molecule has 2 unspecified atom stereocenters. The zero-order chi connectivity index (χ0) is 14.3. The van der Waals surface area contributed by atoms with Crippen molar-refractivity contribution in [3.05, 3.63) is 10.9 Å². The first kappa shape index (κ1) is 13.7. The van der Waals surface area contributed by atoms with Crippen molar-refractivity contribution in [1.82, 2.24) is 5.32 Å². The molecule has 1 aromatic heterocycles. The lowest BCUT2D eigenvalue weighted by Gasteiger charge is -2.37. The monoisotopic (exact) mass is 295 g/mol. The number of piperidine rings is 1. The summed E-state index contributed by atoms with van der Waals surface area (Å²) in [5.41, 5.74) is 6.55. The van der Waals surface area contributed by atoms with E-state index in [-0.39, 0.29) is 12.0 Å². The van der Waals surface area contributed by atoms with E-state index in [1.165, 1.54) is 11.3 Å². The first-order chi connectivity index (χ1) is 9.60. The van der Waals surface area contributed by atoms with E-state index in [4.69, 9.17) is 5.73 Å². The van der Waals surface area contributed by atoms with Crippen LogP contribution in [-0.4, -0.2) is 35.7 Å². The quantitative estimate of drug-likeness (QED) is 0.791. The Morgan fingerprint density at radius 2 is 2.15 bits per heavy atom. The van der Waals surface area contributed by atoms with E-state index in [2.05, 4.69) is 10.2 Å². The second-order valence-electron chi connectivity index (χ2n) is 5.65. The Hall–Kier alpha value is -1.27. The van der Waals surface area contributed by atoms with Crippen molar-refractivity contribution in [2.45, 2.75) is 50.8 Å². The highest BCUT2D eigenvalue weighted by Gasteiger charge is 2.41. The standard InChI is InChI=1S/C14H21N3O2S/c1-2-16-14(19)13-11(15)7-12(20-13)17-8-3-4-9(17)6-10(18)5-8/h7-10,18H,2-6,15H2,1H3,(H,16,19). The Labute approximate surface area is 122 Å². The van der Waals surface area contributed by atoms with Gasteiger partial charge in [-0.1, -0.05) is 0 Å². The number of nitrogens with zero attached hydrogens (tertiary/aromatic N) is 1. The third kappa shape index (κ3) is 2.27. The van der Waals surface area contributed by atoms with Gasteiger partial charge in [-0.05, 0) is 38.7 Å². The molecule has 2 aliphatic heterocycles. The molecule has 1 aromatic rings. The summed E-state index contributed by atoms with van der Waals surface area (Å²) in [6.45, 7) is 2.50. The van der Waals surface area contributed by atoms with Gasteiger partial charge in [0.15, 0.2) is 0 Å². The van der Waals surface area contributed by atoms with Crippen LogP contribution in [0.3, 0.4) is 0 Å². The molecule has 3 rings (SSSR count). The molecule has 6 heteroatoms. The van der Waals surface area contributed by atoms with Crippen molar-refractivity contribution in [2.75, 3.05) is 17.2 Å². The number of aliphatic hydroxyl groups excluding tert-OH is 1. The van der Waals surface area contributed by atoms with Crippen LogP contribution in [0, 0.1) is 0 Å². The van der Waals surface area contributed by atoms with Gasteiger partial charge in [-0.2, -0.15) is 0 Å². The minimum atomic E-state index is -0.177. The molecule has 110 valence electrons. The topological polar surface area (TPSA) is 78.6 Å². The second kappa shape index (κ2) is 5.26. The number of rotatable bonds is 3. The van der Waals surface area contributed by atoms with E-state index in [1.54, 1.807) is 0 Å². The lowest BCUT2D eigenvalue weighted by atomic mass is 10.0. The van der Waals surface area contributed by atoms with Gasteiger partial charge in [0.25, 0.3) is 5.91 Å². The lowest BCUT2D eigenvalue weighted by molar-refractivity contribution is 0.0960. The Kier molecular flexibility index (Phi) is 3.60. The number of carbonyl (C=O) groups excluding carboxylic acids is 1. The fourth-order valence-corrected chi connectivity index (χ4v) is 4.59. The smallest absolute Gasteiger partial charge is 0.263 e. The number of hydrogen-bond acceptors (Lipinski definition) is 5. The molecule has 0 aromatic carbocycles. The van der Waals surface area contributed by atoms with E-state index in [1.807, 2.05) is 13.0 Å². The number of fused-ring (bicyclic) bond motifs is 2. The number of carbonyl (C=O) groups is 1. The van der Waals surface area contributed by atoms with Crippen molar-refractivity contribution in [3.63, 3.8) is 0 Å². The number of aliphatic hydroxyl groups is 1. The summed E-state index contributed by atoms with van der Waals surface area (Å²) in [4.78, 5) is 14.9. The fourth-order valence-electron chi connectivity index (χ4n) is 3.45. The van der Waals surface area contributed by atoms with Gasteiger partial charge in [-0.25, -0.2) is 0 Å². The zero-order valence-electron chi connectivity index (χ0n) is 11.6. The molecular formula is C14H21N3O2S. The van der Waals surface area contributed by atoms with Crippen LogP contribution in [0.4, 0.5) is 10.7 Å². The average molecular weight is 295 g/mol. The first-order valence-corrected chi connectivity index (χ1v) is 8.05. The molecule has 0 saturated carbocycles. The summed E-state index contributed by atoms with van der Waals surface area (Å²) in [5.74, 6) is -0.0920. The minimum Gasteiger partial charge on any atom is -0.397 e. The number of nitrogens with two attached hydrogens (primary N) is 1. The van der Waals surface area contributed by atoms with Crippen LogP contribution < -0.4 is 16.0 Å². The van der Waals surface area contributed by atoms with Crippen molar-refractivity contribution in [3.8, 4) is 0 Å². The van der Waals surface area contributed by atoms with Crippen molar-refractivity contribution < 1.29 is 9.90 Å². The Morgan fingerprint density at radius 1 is 1.50 bits per heavy atom. The molecule has 5 nitrogen and oxygen atoms in total. The molecule has 2 aliphatic rings. The van der Waals surface area contributed by atoms with Gasteiger partial charge in [-0.3, -0.25) is 4.79 Å². The number of thiophene rings is 1. The summed E-state index contributed by atoms with van der Waals surface area (Å²) in [6.07, 6.45) is 3.71. The van der Waals surface area contributed by atoms with Crippen LogP contribution in [0.5, 0.6) is 0 Å². The third-order valence-electron chi connectivity index (χ3n) is 4.25. The largest absolute Gasteiger partial charge is 0.397 e. The number of nitrogens with one attached hydrogen (secondary N) is 1. The molecule has 1 amide bonds.